The highest BCUT2D eigenvalue weighted by atomic mass is 35.5. The number of primary amides is 1. The Labute approximate surface area is 120 Å². The lowest BCUT2D eigenvalue weighted by Crippen LogP contribution is -2.18. The van der Waals surface area contributed by atoms with E-state index in [1.807, 2.05) is 30.3 Å². The van der Waals surface area contributed by atoms with Gasteiger partial charge in [0.25, 0.3) is 0 Å². The minimum atomic E-state index is -0.795. The molecule has 2 rings (SSSR count). The second kappa shape index (κ2) is 6.14. The number of nitrogens with two attached hydrogens (primary N) is 1. The van der Waals surface area contributed by atoms with E-state index in [0.717, 1.165) is 16.8 Å². The molecule has 1 amide bonds. The molecule has 0 aliphatic heterocycles. The number of nitrogens with one attached hydrogen (secondary N) is 1. The van der Waals surface area contributed by atoms with Gasteiger partial charge in [-0.1, -0.05) is 24.3 Å². The van der Waals surface area contributed by atoms with Crippen molar-refractivity contribution in [3.63, 3.8) is 0 Å². The summed E-state index contributed by atoms with van der Waals surface area (Å²) in [4.78, 5) is 14.3. The van der Waals surface area contributed by atoms with E-state index < -0.39 is 11.2 Å². The highest BCUT2D eigenvalue weighted by molar-refractivity contribution is 7.94. The molecule has 0 aliphatic rings. The van der Waals surface area contributed by atoms with E-state index in [2.05, 4.69) is 4.98 Å². The minimum Gasteiger partial charge on any atom is -0.368 e. The lowest BCUT2D eigenvalue weighted by molar-refractivity contribution is -0.117. The zero-order valence-corrected chi connectivity index (χ0v) is 11.5. The van der Waals surface area contributed by atoms with Crippen LogP contribution in [0.2, 0.25) is 0 Å². The number of hydrogen-bond acceptors (Lipinski definition) is 3. The van der Waals surface area contributed by atoms with Crippen LogP contribution in [-0.2, 0) is 10.7 Å². The van der Waals surface area contributed by atoms with Crippen molar-refractivity contribution in [2.75, 3.05) is 0 Å². The monoisotopic (exact) mass is 296 g/mol. The molecule has 19 heavy (non-hydrogen) atoms. The summed E-state index contributed by atoms with van der Waals surface area (Å²) in [6.45, 7) is 0. The van der Waals surface area contributed by atoms with Crippen molar-refractivity contribution in [2.45, 2.75) is 11.1 Å². The highest BCUT2D eigenvalue weighted by Gasteiger charge is 2.20. The summed E-state index contributed by atoms with van der Waals surface area (Å²) in [7, 11) is 0. The SMILES string of the molecule is NC(=O)[C@@H](SO)c1ccc(-c2ccccc2CCl)[nH]1. The fourth-order valence-electron chi connectivity index (χ4n) is 1.88. The molecule has 0 saturated carbocycles. The highest BCUT2D eigenvalue weighted by Crippen LogP contribution is 2.30. The van der Waals surface area contributed by atoms with Crippen LogP contribution in [0.5, 0.6) is 0 Å². The van der Waals surface area contributed by atoms with Crippen molar-refractivity contribution >= 4 is 29.6 Å². The van der Waals surface area contributed by atoms with Crippen LogP contribution in [-0.4, -0.2) is 15.4 Å². The minimum absolute atomic E-state index is 0.401. The fraction of sp³-hybridized carbons (Fsp3) is 0.154. The van der Waals surface area contributed by atoms with Crippen LogP contribution in [0.3, 0.4) is 0 Å². The third-order valence-electron chi connectivity index (χ3n) is 2.81. The summed E-state index contributed by atoms with van der Waals surface area (Å²) in [5.74, 6) is -0.190. The van der Waals surface area contributed by atoms with Gasteiger partial charge in [-0.3, -0.25) is 4.79 Å². The largest absolute Gasteiger partial charge is 0.368 e. The van der Waals surface area contributed by atoms with Crippen LogP contribution >= 0.6 is 23.6 Å². The van der Waals surface area contributed by atoms with Gasteiger partial charge in [0.2, 0.25) is 5.91 Å². The number of carbonyl (C=O) groups excluding carboxylic acids is 1. The average Bonchev–Trinajstić information content (AvgIpc) is 2.88. The van der Waals surface area contributed by atoms with E-state index >= 15 is 0 Å². The van der Waals surface area contributed by atoms with Crippen LogP contribution in [0.1, 0.15) is 16.5 Å². The Kier molecular flexibility index (Phi) is 4.52. The predicted molar refractivity (Wildman–Crippen MR) is 77.9 cm³/mol. The molecule has 0 aliphatic carbocycles. The molecule has 4 nitrogen and oxygen atoms in total. The number of alkyl halides is 1. The summed E-state index contributed by atoms with van der Waals surface area (Å²) in [6.07, 6.45) is 0. The molecule has 2 aromatic rings. The van der Waals surface area contributed by atoms with E-state index in [1.165, 1.54) is 0 Å². The molecule has 0 fully saturated rings. The number of amides is 1. The molecule has 4 N–H and O–H groups in total. The van der Waals surface area contributed by atoms with Crippen LogP contribution in [0.15, 0.2) is 36.4 Å². The zero-order valence-electron chi connectivity index (χ0n) is 9.97. The van der Waals surface area contributed by atoms with Gasteiger partial charge in [-0.15, -0.1) is 11.6 Å². The first kappa shape index (κ1) is 14.0. The Hall–Kier alpha value is -1.43. The molecule has 0 saturated heterocycles. The smallest absolute Gasteiger partial charge is 0.238 e. The molecular weight excluding hydrogens is 284 g/mol. The van der Waals surface area contributed by atoms with E-state index in [1.54, 1.807) is 6.07 Å². The van der Waals surface area contributed by atoms with Crippen molar-refractivity contribution in [1.29, 1.82) is 0 Å². The van der Waals surface area contributed by atoms with E-state index in [9.17, 15) is 4.79 Å². The quantitative estimate of drug-likeness (QED) is 0.586. The number of carbonyl (C=O) groups is 1. The maximum atomic E-state index is 11.2. The number of benzene rings is 1. The maximum Gasteiger partial charge on any atom is 0.238 e. The second-order valence-electron chi connectivity index (χ2n) is 4.01. The van der Waals surface area contributed by atoms with Crippen LogP contribution in [0, 0.1) is 0 Å². The number of aromatic nitrogens is 1. The van der Waals surface area contributed by atoms with Gasteiger partial charge in [0.15, 0.2) is 0 Å². The van der Waals surface area contributed by atoms with Crippen LogP contribution in [0.25, 0.3) is 11.3 Å². The Morgan fingerprint density at radius 1 is 1.37 bits per heavy atom. The van der Waals surface area contributed by atoms with Crippen molar-refractivity contribution < 1.29 is 9.35 Å². The number of rotatable bonds is 5. The number of hydrogen-bond donors (Lipinski definition) is 3. The summed E-state index contributed by atoms with van der Waals surface area (Å²) >= 11 is 6.31. The molecule has 0 unspecified atom stereocenters. The van der Waals surface area contributed by atoms with Crippen molar-refractivity contribution in [1.82, 2.24) is 4.98 Å². The lowest BCUT2D eigenvalue weighted by atomic mass is 10.1. The topological polar surface area (TPSA) is 79.1 Å². The van der Waals surface area contributed by atoms with Gasteiger partial charge in [-0.2, -0.15) is 0 Å². The van der Waals surface area contributed by atoms with Gasteiger partial charge in [-0.25, -0.2) is 0 Å². The molecule has 1 atom stereocenters. The van der Waals surface area contributed by atoms with Gasteiger partial charge in [0, 0.05) is 34.9 Å². The Bertz CT molecular complexity index is 586. The number of halogens is 1. The van der Waals surface area contributed by atoms with Gasteiger partial charge in [-0.05, 0) is 17.7 Å². The van der Waals surface area contributed by atoms with E-state index in [4.69, 9.17) is 21.9 Å². The maximum absolute atomic E-state index is 11.2. The van der Waals surface area contributed by atoms with Crippen molar-refractivity contribution in [3.8, 4) is 11.3 Å². The fourth-order valence-corrected chi connectivity index (χ4v) is 2.47. The molecule has 0 radical (unpaired) electrons. The summed E-state index contributed by atoms with van der Waals surface area (Å²) in [5.41, 5.74) is 8.59. The predicted octanol–water partition coefficient (Wildman–Crippen LogP) is 3.15. The van der Waals surface area contributed by atoms with Gasteiger partial charge < -0.3 is 15.3 Å². The first-order valence-electron chi connectivity index (χ1n) is 5.60. The normalized spacial score (nSPS) is 12.3. The van der Waals surface area contributed by atoms with Gasteiger partial charge >= 0.3 is 0 Å². The summed E-state index contributed by atoms with van der Waals surface area (Å²) < 4.78 is 9.11. The lowest BCUT2D eigenvalue weighted by Gasteiger charge is -2.07. The number of aromatic amines is 1. The molecule has 1 heterocycles. The Morgan fingerprint density at radius 3 is 2.74 bits per heavy atom. The Balaban J connectivity index is 2.38. The summed E-state index contributed by atoms with van der Waals surface area (Å²) in [5, 5.41) is -0.795. The Morgan fingerprint density at radius 2 is 2.11 bits per heavy atom. The molecule has 0 bridgehead atoms. The van der Waals surface area contributed by atoms with Crippen molar-refractivity contribution in [3.05, 3.63) is 47.7 Å². The molecule has 100 valence electrons. The number of H-pyrrole nitrogens is 1. The third kappa shape index (κ3) is 2.94. The molecule has 1 aromatic carbocycles. The zero-order chi connectivity index (χ0) is 13.8. The van der Waals surface area contributed by atoms with E-state index in [-0.39, 0.29) is 0 Å². The molecular formula is C13H13ClN2O2S. The van der Waals surface area contributed by atoms with Gasteiger partial charge in [0.05, 0.1) is 0 Å². The average molecular weight is 297 g/mol. The molecule has 1 aromatic heterocycles. The third-order valence-corrected chi connectivity index (χ3v) is 3.79. The van der Waals surface area contributed by atoms with E-state index in [0.29, 0.717) is 23.6 Å². The van der Waals surface area contributed by atoms with Crippen LogP contribution in [0.4, 0.5) is 0 Å². The molecule has 6 heteroatoms. The first-order chi connectivity index (χ1) is 9.17. The molecule has 0 spiro atoms. The van der Waals surface area contributed by atoms with Crippen molar-refractivity contribution in [2.24, 2.45) is 5.73 Å². The standard InChI is InChI=1S/C13H13ClN2O2S/c14-7-8-3-1-2-4-9(8)10-5-6-11(16-10)12(19-18)13(15)17/h1-6,12,16,18H,7H2,(H2,15,17)/t12-/m0/s1. The van der Waals surface area contributed by atoms with Gasteiger partial charge in [0.1, 0.15) is 5.25 Å². The summed E-state index contributed by atoms with van der Waals surface area (Å²) in [6, 6.07) is 11.3. The van der Waals surface area contributed by atoms with Crippen LogP contribution < -0.4 is 5.73 Å². The first-order valence-corrected chi connectivity index (χ1v) is 6.97. The second-order valence-corrected chi connectivity index (χ2v) is 4.96.